The van der Waals surface area contributed by atoms with Crippen LogP contribution in [0.3, 0.4) is 0 Å². The van der Waals surface area contributed by atoms with E-state index in [0.717, 1.165) is 25.1 Å². The highest BCUT2D eigenvalue weighted by atomic mass is 15.2. The lowest BCUT2D eigenvalue weighted by Crippen LogP contribution is -2.45. The number of aliphatic imine (C=N–C) groups is 1. The quantitative estimate of drug-likeness (QED) is 0.590. The van der Waals surface area contributed by atoms with E-state index < -0.39 is 0 Å². The van der Waals surface area contributed by atoms with Gasteiger partial charge in [-0.25, -0.2) is 0 Å². The maximum absolute atomic E-state index is 4.32. The van der Waals surface area contributed by atoms with Gasteiger partial charge >= 0.3 is 0 Å². The van der Waals surface area contributed by atoms with Crippen LogP contribution in [0, 0.1) is 0 Å². The molecule has 0 saturated heterocycles. The molecule has 0 spiro atoms. The zero-order valence-electron chi connectivity index (χ0n) is 12.6. The molecule has 4 heteroatoms. The van der Waals surface area contributed by atoms with E-state index in [-0.39, 0.29) is 0 Å². The molecule has 4 nitrogen and oxygen atoms in total. The van der Waals surface area contributed by atoms with E-state index >= 15 is 0 Å². The van der Waals surface area contributed by atoms with E-state index in [1.54, 1.807) is 0 Å². The fraction of sp³-hybridized carbons (Fsp3) is 0.933. The van der Waals surface area contributed by atoms with Gasteiger partial charge in [-0.1, -0.05) is 25.7 Å². The van der Waals surface area contributed by atoms with Gasteiger partial charge in [0.25, 0.3) is 0 Å². The molecule has 0 unspecified atom stereocenters. The molecule has 0 aromatic rings. The van der Waals surface area contributed by atoms with E-state index in [0.29, 0.717) is 6.04 Å². The van der Waals surface area contributed by atoms with Gasteiger partial charge in [-0.3, -0.25) is 4.99 Å². The summed E-state index contributed by atoms with van der Waals surface area (Å²) in [6.45, 7) is 2.09. The average molecular weight is 266 g/mol. The van der Waals surface area contributed by atoms with Gasteiger partial charge in [0.15, 0.2) is 5.96 Å². The van der Waals surface area contributed by atoms with Crippen molar-refractivity contribution in [1.29, 1.82) is 0 Å². The van der Waals surface area contributed by atoms with Gasteiger partial charge in [0.2, 0.25) is 0 Å². The van der Waals surface area contributed by atoms with Gasteiger partial charge < -0.3 is 15.5 Å². The summed E-state index contributed by atoms with van der Waals surface area (Å²) in [7, 11) is 4.12. The predicted octanol–water partition coefficient (Wildman–Crippen LogP) is 1.97. The standard InChI is InChI=1S/C15H30N4/c1-16-15(18-13-7-3-4-8-13)17-11-12-19(2)14-9-5-6-10-14/h13-14H,3-12H2,1-2H3,(H2,16,17,18). The third kappa shape index (κ3) is 4.68. The molecule has 0 aromatic heterocycles. The van der Waals surface area contributed by atoms with Gasteiger partial charge in [0.05, 0.1) is 0 Å². The Kier molecular flexibility index (Phi) is 5.95. The Bertz CT molecular complexity index is 278. The minimum atomic E-state index is 0.638. The maximum Gasteiger partial charge on any atom is 0.191 e. The number of nitrogens with zero attached hydrogens (tertiary/aromatic N) is 2. The Hall–Kier alpha value is -0.770. The van der Waals surface area contributed by atoms with Gasteiger partial charge in [0.1, 0.15) is 0 Å². The van der Waals surface area contributed by atoms with Crippen molar-refractivity contribution in [3.05, 3.63) is 0 Å². The summed E-state index contributed by atoms with van der Waals surface area (Å²) < 4.78 is 0. The van der Waals surface area contributed by atoms with Crippen molar-refractivity contribution >= 4 is 5.96 Å². The molecule has 2 fully saturated rings. The second-order valence-electron chi connectivity index (χ2n) is 6.04. The highest BCUT2D eigenvalue weighted by molar-refractivity contribution is 5.79. The highest BCUT2D eigenvalue weighted by Crippen LogP contribution is 2.21. The van der Waals surface area contributed by atoms with E-state index in [1.165, 1.54) is 51.4 Å². The molecule has 0 aromatic carbocycles. The van der Waals surface area contributed by atoms with E-state index in [1.807, 2.05) is 7.05 Å². The lowest BCUT2D eigenvalue weighted by atomic mass is 10.2. The number of hydrogen-bond acceptors (Lipinski definition) is 2. The Balaban J connectivity index is 1.62. The zero-order valence-corrected chi connectivity index (χ0v) is 12.6. The lowest BCUT2D eigenvalue weighted by Gasteiger charge is -2.25. The van der Waals surface area contributed by atoms with Crippen molar-refractivity contribution in [3.63, 3.8) is 0 Å². The predicted molar refractivity (Wildman–Crippen MR) is 81.6 cm³/mol. The molecule has 0 bridgehead atoms. The Labute approximate surface area is 118 Å². The Morgan fingerprint density at radius 2 is 1.74 bits per heavy atom. The first-order valence-corrected chi connectivity index (χ1v) is 7.97. The summed E-state index contributed by atoms with van der Waals surface area (Å²) >= 11 is 0. The molecule has 0 atom stereocenters. The molecular formula is C15H30N4. The number of rotatable bonds is 5. The number of nitrogens with one attached hydrogen (secondary N) is 2. The highest BCUT2D eigenvalue weighted by Gasteiger charge is 2.19. The van der Waals surface area contributed by atoms with Crippen molar-refractivity contribution in [3.8, 4) is 0 Å². The molecular weight excluding hydrogens is 236 g/mol. The van der Waals surface area contributed by atoms with Crippen LogP contribution < -0.4 is 10.6 Å². The maximum atomic E-state index is 4.32. The Morgan fingerprint density at radius 1 is 1.11 bits per heavy atom. The van der Waals surface area contributed by atoms with Crippen LogP contribution >= 0.6 is 0 Å². The molecule has 2 N–H and O–H groups in total. The third-order valence-electron chi connectivity index (χ3n) is 4.62. The van der Waals surface area contributed by atoms with Gasteiger partial charge in [-0.15, -0.1) is 0 Å². The zero-order chi connectivity index (χ0) is 13.5. The fourth-order valence-electron chi connectivity index (χ4n) is 3.34. The van der Waals surface area contributed by atoms with Crippen molar-refractivity contribution in [2.75, 3.05) is 27.2 Å². The minimum absolute atomic E-state index is 0.638. The molecule has 2 aliphatic rings. The van der Waals surface area contributed by atoms with Crippen LogP contribution in [-0.2, 0) is 0 Å². The molecule has 0 radical (unpaired) electrons. The van der Waals surface area contributed by atoms with Crippen molar-refractivity contribution < 1.29 is 0 Å². The summed E-state index contributed by atoms with van der Waals surface area (Å²) in [6.07, 6.45) is 10.9. The summed E-state index contributed by atoms with van der Waals surface area (Å²) in [5.74, 6) is 0.978. The van der Waals surface area contributed by atoms with Crippen molar-refractivity contribution in [2.45, 2.75) is 63.5 Å². The molecule has 2 aliphatic carbocycles. The number of guanidine groups is 1. The smallest absolute Gasteiger partial charge is 0.191 e. The number of likely N-dealkylation sites (N-methyl/N-ethyl adjacent to an activating group) is 1. The van der Waals surface area contributed by atoms with E-state index in [4.69, 9.17) is 0 Å². The van der Waals surface area contributed by atoms with Crippen LogP contribution in [0.5, 0.6) is 0 Å². The summed E-state index contributed by atoms with van der Waals surface area (Å²) in [4.78, 5) is 6.82. The van der Waals surface area contributed by atoms with E-state index in [9.17, 15) is 0 Å². The minimum Gasteiger partial charge on any atom is -0.355 e. The largest absolute Gasteiger partial charge is 0.355 e. The van der Waals surface area contributed by atoms with Crippen LogP contribution in [0.25, 0.3) is 0 Å². The second kappa shape index (κ2) is 7.73. The Morgan fingerprint density at radius 3 is 2.37 bits per heavy atom. The van der Waals surface area contributed by atoms with Gasteiger partial charge in [-0.05, 0) is 32.7 Å². The van der Waals surface area contributed by atoms with Crippen LogP contribution in [0.2, 0.25) is 0 Å². The summed E-state index contributed by atoms with van der Waals surface area (Å²) in [6, 6.07) is 1.45. The first-order valence-electron chi connectivity index (χ1n) is 7.97. The molecule has 19 heavy (non-hydrogen) atoms. The van der Waals surface area contributed by atoms with E-state index in [2.05, 4.69) is 27.6 Å². The monoisotopic (exact) mass is 266 g/mol. The fourth-order valence-corrected chi connectivity index (χ4v) is 3.34. The first-order chi connectivity index (χ1) is 9.29. The third-order valence-corrected chi connectivity index (χ3v) is 4.62. The molecule has 0 amide bonds. The summed E-state index contributed by atoms with van der Waals surface area (Å²) in [5.41, 5.74) is 0. The second-order valence-corrected chi connectivity index (χ2v) is 6.04. The molecule has 0 heterocycles. The molecule has 110 valence electrons. The average Bonchev–Trinajstić information content (AvgIpc) is 3.10. The van der Waals surface area contributed by atoms with Crippen molar-refractivity contribution in [2.24, 2.45) is 4.99 Å². The first kappa shape index (κ1) is 14.6. The molecule has 2 rings (SSSR count). The normalized spacial score (nSPS) is 22.4. The molecule has 2 saturated carbocycles. The lowest BCUT2D eigenvalue weighted by molar-refractivity contribution is 0.249. The molecule has 0 aliphatic heterocycles. The van der Waals surface area contributed by atoms with Gasteiger partial charge in [-0.2, -0.15) is 0 Å². The van der Waals surface area contributed by atoms with Crippen LogP contribution in [0.15, 0.2) is 4.99 Å². The van der Waals surface area contributed by atoms with Crippen LogP contribution in [-0.4, -0.2) is 50.1 Å². The van der Waals surface area contributed by atoms with Crippen LogP contribution in [0.1, 0.15) is 51.4 Å². The number of hydrogen-bond donors (Lipinski definition) is 2. The van der Waals surface area contributed by atoms with Crippen LogP contribution in [0.4, 0.5) is 0 Å². The van der Waals surface area contributed by atoms with Crippen molar-refractivity contribution in [1.82, 2.24) is 15.5 Å². The van der Waals surface area contributed by atoms with Gasteiger partial charge in [0, 0.05) is 32.2 Å². The topological polar surface area (TPSA) is 39.7 Å². The SMILES string of the molecule is CN=C(NCCN(C)C1CCCC1)NC1CCCC1. The summed E-state index contributed by atoms with van der Waals surface area (Å²) in [5, 5.41) is 6.98.